The van der Waals surface area contributed by atoms with Gasteiger partial charge in [0.1, 0.15) is 11.8 Å². The summed E-state index contributed by atoms with van der Waals surface area (Å²) in [5.74, 6) is -2.59. The standard InChI is InChI=1S/C21H20FN3O7/c1-13(23-19(26)10-5-14-3-7-16(31-2)8-4-14)21(28)32-12-20(27)24-15-6-9-17(22)18(11-15)25(29)30/h3-11,13H,12H2,1-2H3,(H,23,26)(H,24,27). The first kappa shape index (κ1) is 24.0. The van der Waals surface area contributed by atoms with Crippen molar-refractivity contribution in [3.8, 4) is 5.75 Å². The maximum Gasteiger partial charge on any atom is 0.328 e. The van der Waals surface area contributed by atoms with E-state index in [0.717, 1.165) is 23.8 Å². The molecule has 0 aromatic heterocycles. The maximum absolute atomic E-state index is 13.3. The summed E-state index contributed by atoms with van der Waals surface area (Å²) in [6, 6.07) is 8.70. The number of methoxy groups -OCH3 is 1. The third-order valence-electron chi connectivity index (χ3n) is 4.03. The highest BCUT2D eigenvalue weighted by Crippen LogP contribution is 2.21. The number of rotatable bonds is 9. The van der Waals surface area contributed by atoms with Gasteiger partial charge in [0.15, 0.2) is 6.61 Å². The molecule has 0 aliphatic carbocycles. The van der Waals surface area contributed by atoms with Gasteiger partial charge in [0, 0.05) is 17.8 Å². The van der Waals surface area contributed by atoms with E-state index in [-0.39, 0.29) is 5.69 Å². The summed E-state index contributed by atoms with van der Waals surface area (Å²) in [4.78, 5) is 45.6. The van der Waals surface area contributed by atoms with Crippen molar-refractivity contribution in [1.82, 2.24) is 5.32 Å². The molecule has 2 aromatic rings. The van der Waals surface area contributed by atoms with E-state index in [0.29, 0.717) is 5.75 Å². The normalized spacial score (nSPS) is 11.5. The van der Waals surface area contributed by atoms with Crippen molar-refractivity contribution in [3.63, 3.8) is 0 Å². The average molecular weight is 445 g/mol. The molecule has 0 bridgehead atoms. The Balaban J connectivity index is 1.81. The summed E-state index contributed by atoms with van der Waals surface area (Å²) >= 11 is 0. The number of amides is 2. The lowest BCUT2D eigenvalue weighted by Gasteiger charge is -2.12. The molecule has 2 rings (SSSR count). The molecular formula is C21H20FN3O7. The van der Waals surface area contributed by atoms with Crippen molar-refractivity contribution in [3.05, 3.63) is 70.0 Å². The quantitative estimate of drug-likeness (QED) is 0.262. The largest absolute Gasteiger partial charge is 0.497 e. The van der Waals surface area contributed by atoms with Crippen molar-refractivity contribution in [2.24, 2.45) is 0 Å². The molecule has 0 saturated heterocycles. The Bertz CT molecular complexity index is 1040. The molecule has 11 heteroatoms. The number of halogens is 1. The molecule has 0 aliphatic rings. The predicted molar refractivity (Wildman–Crippen MR) is 112 cm³/mol. The number of nitro benzene ring substituents is 1. The molecule has 0 saturated carbocycles. The number of ether oxygens (including phenoxy) is 2. The van der Waals surface area contributed by atoms with Crippen LogP contribution in [0.3, 0.4) is 0 Å². The molecular weight excluding hydrogens is 425 g/mol. The summed E-state index contributed by atoms with van der Waals surface area (Å²) in [5, 5.41) is 15.4. The predicted octanol–water partition coefficient (Wildman–Crippen LogP) is 2.44. The van der Waals surface area contributed by atoms with Crippen molar-refractivity contribution >= 4 is 35.2 Å². The molecule has 2 amide bonds. The molecule has 10 nitrogen and oxygen atoms in total. The Morgan fingerprint density at radius 3 is 2.50 bits per heavy atom. The van der Waals surface area contributed by atoms with Gasteiger partial charge in [-0.05, 0) is 42.8 Å². The number of esters is 1. The van der Waals surface area contributed by atoms with Crippen LogP contribution in [0.4, 0.5) is 15.8 Å². The molecule has 0 fully saturated rings. The van der Waals surface area contributed by atoms with Crippen molar-refractivity contribution in [2.75, 3.05) is 19.0 Å². The minimum absolute atomic E-state index is 0.0378. The topological polar surface area (TPSA) is 137 Å². The van der Waals surface area contributed by atoms with E-state index in [1.807, 2.05) is 0 Å². The van der Waals surface area contributed by atoms with Gasteiger partial charge in [-0.25, -0.2) is 4.79 Å². The minimum Gasteiger partial charge on any atom is -0.497 e. The number of anilines is 1. The van der Waals surface area contributed by atoms with Gasteiger partial charge in [0.05, 0.1) is 12.0 Å². The van der Waals surface area contributed by atoms with Gasteiger partial charge in [-0.1, -0.05) is 12.1 Å². The Hall–Kier alpha value is -4.28. The highest BCUT2D eigenvalue weighted by Gasteiger charge is 2.19. The second-order valence-corrected chi connectivity index (χ2v) is 6.42. The van der Waals surface area contributed by atoms with Crippen LogP contribution in [-0.2, 0) is 19.1 Å². The number of nitro groups is 1. The summed E-state index contributed by atoms with van der Waals surface area (Å²) < 4.78 is 23.2. The zero-order valence-electron chi connectivity index (χ0n) is 17.2. The molecule has 1 atom stereocenters. The van der Waals surface area contributed by atoms with Crippen LogP contribution >= 0.6 is 0 Å². The van der Waals surface area contributed by atoms with Crippen LogP contribution in [-0.4, -0.2) is 42.5 Å². The fourth-order valence-electron chi connectivity index (χ4n) is 2.40. The number of hydrogen-bond donors (Lipinski definition) is 2. The van der Waals surface area contributed by atoms with Crippen LogP contribution < -0.4 is 15.4 Å². The number of carbonyl (C=O) groups excluding carboxylic acids is 3. The smallest absolute Gasteiger partial charge is 0.328 e. The molecule has 2 aromatic carbocycles. The zero-order chi connectivity index (χ0) is 23.7. The maximum atomic E-state index is 13.3. The van der Waals surface area contributed by atoms with E-state index in [4.69, 9.17) is 9.47 Å². The van der Waals surface area contributed by atoms with Gasteiger partial charge < -0.3 is 20.1 Å². The Kier molecular flexibility index (Phi) is 8.40. The van der Waals surface area contributed by atoms with Crippen LogP contribution in [0.1, 0.15) is 12.5 Å². The highest BCUT2D eigenvalue weighted by atomic mass is 19.1. The lowest BCUT2D eigenvalue weighted by molar-refractivity contribution is -0.387. The third-order valence-corrected chi connectivity index (χ3v) is 4.03. The summed E-state index contributed by atoms with van der Waals surface area (Å²) in [5.41, 5.74) is -0.100. The fraction of sp³-hybridized carbons (Fsp3) is 0.190. The monoisotopic (exact) mass is 445 g/mol. The second-order valence-electron chi connectivity index (χ2n) is 6.42. The van der Waals surface area contributed by atoms with E-state index in [2.05, 4.69) is 10.6 Å². The first-order valence-corrected chi connectivity index (χ1v) is 9.22. The minimum atomic E-state index is -1.05. The highest BCUT2D eigenvalue weighted by molar-refractivity contribution is 5.96. The molecule has 2 N–H and O–H groups in total. The van der Waals surface area contributed by atoms with E-state index in [9.17, 15) is 28.9 Å². The Labute approximate surface area is 182 Å². The van der Waals surface area contributed by atoms with Crippen molar-refractivity contribution in [2.45, 2.75) is 13.0 Å². The van der Waals surface area contributed by atoms with Gasteiger partial charge in [0.25, 0.3) is 5.91 Å². The second kappa shape index (κ2) is 11.2. The Morgan fingerprint density at radius 2 is 1.88 bits per heavy atom. The van der Waals surface area contributed by atoms with Crippen LogP contribution in [0, 0.1) is 15.9 Å². The number of nitrogens with one attached hydrogen (secondary N) is 2. The number of hydrogen-bond acceptors (Lipinski definition) is 7. The van der Waals surface area contributed by atoms with Gasteiger partial charge in [0.2, 0.25) is 11.7 Å². The SMILES string of the molecule is COc1ccc(C=CC(=O)NC(C)C(=O)OCC(=O)Nc2ccc(F)c([N+](=O)[O-])c2)cc1. The molecule has 0 aliphatic heterocycles. The van der Waals surface area contributed by atoms with Gasteiger partial charge in [-0.15, -0.1) is 0 Å². The molecule has 0 spiro atoms. The molecule has 32 heavy (non-hydrogen) atoms. The first-order valence-electron chi connectivity index (χ1n) is 9.22. The average Bonchev–Trinajstić information content (AvgIpc) is 2.77. The van der Waals surface area contributed by atoms with E-state index < -0.39 is 46.9 Å². The molecule has 1 unspecified atom stereocenters. The Morgan fingerprint density at radius 1 is 1.19 bits per heavy atom. The van der Waals surface area contributed by atoms with Gasteiger partial charge in [-0.2, -0.15) is 4.39 Å². The molecule has 0 heterocycles. The van der Waals surface area contributed by atoms with Crippen LogP contribution in [0.15, 0.2) is 48.5 Å². The van der Waals surface area contributed by atoms with Crippen LogP contribution in [0.25, 0.3) is 6.08 Å². The summed E-state index contributed by atoms with van der Waals surface area (Å²) in [7, 11) is 1.54. The molecule has 0 radical (unpaired) electrons. The first-order chi connectivity index (χ1) is 15.2. The lowest BCUT2D eigenvalue weighted by atomic mass is 10.2. The number of carbonyl (C=O) groups is 3. The van der Waals surface area contributed by atoms with Crippen LogP contribution in [0.5, 0.6) is 5.75 Å². The number of benzene rings is 2. The summed E-state index contributed by atoms with van der Waals surface area (Å²) in [6.07, 6.45) is 2.78. The lowest BCUT2D eigenvalue weighted by Crippen LogP contribution is -2.39. The van der Waals surface area contributed by atoms with E-state index >= 15 is 0 Å². The van der Waals surface area contributed by atoms with Crippen molar-refractivity contribution < 1.29 is 33.2 Å². The summed E-state index contributed by atoms with van der Waals surface area (Å²) in [6.45, 7) is 0.675. The number of nitrogens with zero attached hydrogens (tertiary/aromatic N) is 1. The van der Waals surface area contributed by atoms with Gasteiger partial charge >= 0.3 is 11.7 Å². The zero-order valence-corrected chi connectivity index (χ0v) is 17.2. The van der Waals surface area contributed by atoms with Crippen LogP contribution in [0.2, 0.25) is 0 Å². The molecule has 168 valence electrons. The van der Waals surface area contributed by atoms with E-state index in [1.54, 1.807) is 30.3 Å². The fourth-order valence-corrected chi connectivity index (χ4v) is 2.40. The van der Waals surface area contributed by atoms with Crippen molar-refractivity contribution in [1.29, 1.82) is 0 Å². The van der Waals surface area contributed by atoms with Gasteiger partial charge in [-0.3, -0.25) is 19.7 Å². The third kappa shape index (κ3) is 7.20. The van der Waals surface area contributed by atoms with E-state index in [1.165, 1.54) is 20.1 Å².